The Balaban J connectivity index is 1.98. The number of carbonyl (C=O) groups is 1. The number of likely N-dealkylation sites (N-methyl/N-ethyl adjacent to an activating group) is 1. The molecule has 4 nitrogen and oxygen atoms in total. The van der Waals surface area contributed by atoms with Gasteiger partial charge in [0.25, 0.3) is 0 Å². The van der Waals surface area contributed by atoms with Crippen LogP contribution in [0.1, 0.15) is 11.1 Å². The lowest BCUT2D eigenvalue weighted by molar-refractivity contribution is -0.124. The van der Waals surface area contributed by atoms with Crippen LogP contribution in [0, 0.1) is 0 Å². The molecule has 0 atom stereocenters. The summed E-state index contributed by atoms with van der Waals surface area (Å²) in [4.78, 5) is 13.9. The van der Waals surface area contributed by atoms with E-state index < -0.39 is 0 Å². The zero-order valence-corrected chi connectivity index (χ0v) is 16.5. The molecular weight excluding hydrogens is 373 g/mol. The van der Waals surface area contributed by atoms with Crippen LogP contribution in [0.5, 0.6) is 11.5 Å². The molecule has 0 N–H and O–H groups in total. The van der Waals surface area contributed by atoms with E-state index in [4.69, 9.17) is 32.7 Å². The molecule has 138 valence electrons. The molecule has 6 heteroatoms. The lowest BCUT2D eigenvalue weighted by atomic mass is 10.1. The summed E-state index contributed by atoms with van der Waals surface area (Å²) >= 11 is 12.2. The predicted octanol–water partition coefficient (Wildman–Crippen LogP) is 4.72. The Morgan fingerprint density at radius 1 is 1.08 bits per heavy atom. The van der Waals surface area contributed by atoms with Gasteiger partial charge in [-0.05, 0) is 42.3 Å². The van der Waals surface area contributed by atoms with Crippen LogP contribution in [0.4, 0.5) is 0 Å². The van der Waals surface area contributed by atoms with Crippen molar-refractivity contribution in [2.45, 2.75) is 6.42 Å². The Morgan fingerprint density at radius 2 is 1.73 bits per heavy atom. The number of halogens is 2. The Kier molecular flexibility index (Phi) is 7.37. The molecule has 0 aliphatic carbocycles. The Labute approximate surface area is 163 Å². The number of methoxy groups -OCH3 is 2. The molecule has 0 spiro atoms. The second-order valence-corrected chi connectivity index (χ2v) is 6.48. The van der Waals surface area contributed by atoms with Crippen LogP contribution in [-0.2, 0) is 11.2 Å². The summed E-state index contributed by atoms with van der Waals surface area (Å²) in [6, 6.07) is 11.0. The van der Waals surface area contributed by atoms with Crippen molar-refractivity contribution >= 4 is 35.2 Å². The van der Waals surface area contributed by atoms with Crippen LogP contribution in [0.25, 0.3) is 6.08 Å². The molecule has 2 aromatic rings. The molecule has 0 bridgehead atoms. The first-order valence-electron chi connectivity index (χ1n) is 8.04. The zero-order chi connectivity index (χ0) is 19.1. The van der Waals surface area contributed by atoms with Gasteiger partial charge < -0.3 is 14.4 Å². The largest absolute Gasteiger partial charge is 0.493 e. The van der Waals surface area contributed by atoms with Crippen molar-refractivity contribution in [3.05, 3.63) is 63.6 Å². The summed E-state index contributed by atoms with van der Waals surface area (Å²) in [5.41, 5.74) is 1.69. The lowest BCUT2D eigenvalue weighted by Gasteiger charge is -2.16. The molecule has 0 unspecified atom stereocenters. The summed E-state index contributed by atoms with van der Waals surface area (Å²) in [5.74, 6) is 1.23. The smallest absolute Gasteiger partial charge is 0.246 e. The molecule has 0 saturated carbocycles. The van der Waals surface area contributed by atoms with E-state index in [-0.39, 0.29) is 5.91 Å². The van der Waals surface area contributed by atoms with Crippen molar-refractivity contribution < 1.29 is 14.3 Å². The Morgan fingerprint density at radius 3 is 2.35 bits per heavy atom. The molecule has 1 amide bonds. The third kappa shape index (κ3) is 5.16. The molecule has 2 rings (SSSR count). The topological polar surface area (TPSA) is 38.8 Å². The van der Waals surface area contributed by atoms with Gasteiger partial charge in [-0.3, -0.25) is 4.79 Å². The van der Waals surface area contributed by atoms with Gasteiger partial charge in [-0.1, -0.05) is 35.3 Å². The third-order valence-electron chi connectivity index (χ3n) is 3.95. The number of hydrogen-bond donors (Lipinski definition) is 0. The Bertz CT molecular complexity index is 785. The van der Waals surface area contributed by atoms with Crippen LogP contribution < -0.4 is 9.47 Å². The van der Waals surface area contributed by atoms with E-state index >= 15 is 0 Å². The standard InChI is InChI=1S/C20H21Cl2NO3/c1-23(12-11-14-7-9-18(25-2)19(13-14)26-3)20(24)10-8-15-16(21)5-4-6-17(15)22/h4-10,13H,11-12H2,1-3H3/b10-8+. The predicted molar refractivity (Wildman–Crippen MR) is 106 cm³/mol. The molecular formula is C20H21Cl2NO3. The fourth-order valence-electron chi connectivity index (χ4n) is 2.39. The van der Waals surface area contributed by atoms with Gasteiger partial charge in [-0.2, -0.15) is 0 Å². The minimum absolute atomic E-state index is 0.124. The number of rotatable bonds is 7. The van der Waals surface area contributed by atoms with Gasteiger partial charge in [0, 0.05) is 35.3 Å². The maximum absolute atomic E-state index is 12.3. The maximum Gasteiger partial charge on any atom is 0.246 e. The summed E-state index contributed by atoms with van der Waals surface area (Å²) in [6.07, 6.45) is 3.81. The molecule has 0 saturated heterocycles. The average Bonchev–Trinajstić information content (AvgIpc) is 2.65. The minimum atomic E-state index is -0.124. The summed E-state index contributed by atoms with van der Waals surface area (Å²) in [7, 11) is 4.95. The molecule has 2 aromatic carbocycles. The molecule has 0 aromatic heterocycles. The Hall–Kier alpha value is -2.17. The fourth-order valence-corrected chi connectivity index (χ4v) is 2.92. The van der Waals surface area contributed by atoms with Gasteiger partial charge in [0.2, 0.25) is 5.91 Å². The van der Waals surface area contributed by atoms with Gasteiger partial charge in [0.15, 0.2) is 11.5 Å². The number of amides is 1. The lowest BCUT2D eigenvalue weighted by Crippen LogP contribution is -2.27. The van der Waals surface area contributed by atoms with E-state index in [9.17, 15) is 4.79 Å². The minimum Gasteiger partial charge on any atom is -0.493 e. The van der Waals surface area contributed by atoms with E-state index in [1.807, 2.05) is 18.2 Å². The first kappa shape index (κ1) is 20.1. The zero-order valence-electron chi connectivity index (χ0n) is 15.0. The molecule has 0 radical (unpaired) electrons. The van der Waals surface area contributed by atoms with Crippen LogP contribution in [0.15, 0.2) is 42.5 Å². The summed E-state index contributed by atoms with van der Waals surface area (Å²) in [6.45, 7) is 0.564. The molecule has 0 heterocycles. The SMILES string of the molecule is COc1ccc(CCN(C)C(=O)/C=C/c2c(Cl)cccc2Cl)cc1OC. The van der Waals surface area contributed by atoms with Gasteiger partial charge in [-0.25, -0.2) is 0 Å². The van der Waals surface area contributed by atoms with Crippen LogP contribution >= 0.6 is 23.2 Å². The highest BCUT2D eigenvalue weighted by Crippen LogP contribution is 2.28. The van der Waals surface area contributed by atoms with Crippen molar-refractivity contribution in [1.29, 1.82) is 0 Å². The number of nitrogens with zero attached hydrogens (tertiary/aromatic N) is 1. The monoisotopic (exact) mass is 393 g/mol. The van der Waals surface area contributed by atoms with E-state index in [0.717, 1.165) is 5.56 Å². The second kappa shape index (κ2) is 9.51. The van der Waals surface area contributed by atoms with Gasteiger partial charge in [0.1, 0.15) is 0 Å². The van der Waals surface area contributed by atoms with Gasteiger partial charge in [-0.15, -0.1) is 0 Å². The van der Waals surface area contributed by atoms with E-state index in [2.05, 4.69) is 0 Å². The van der Waals surface area contributed by atoms with Crippen molar-refractivity contribution in [2.75, 3.05) is 27.8 Å². The van der Waals surface area contributed by atoms with Crippen molar-refractivity contribution in [1.82, 2.24) is 4.90 Å². The van der Waals surface area contributed by atoms with E-state index in [1.165, 1.54) is 6.08 Å². The fraction of sp³-hybridized carbons (Fsp3) is 0.250. The number of benzene rings is 2. The second-order valence-electron chi connectivity index (χ2n) is 5.67. The number of hydrogen-bond acceptors (Lipinski definition) is 3. The highest BCUT2D eigenvalue weighted by Gasteiger charge is 2.09. The molecule has 0 aliphatic rings. The maximum atomic E-state index is 12.3. The number of ether oxygens (including phenoxy) is 2. The highest BCUT2D eigenvalue weighted by atomic mass is 35.5. The van der Waals surface area contributed by atoms with Crippen molar-refractivity contribution in [3.8, 4) is 11.5 Å². The van der Waals surface area contributed by atoms with E-state index in [1.54, 1.807) is 50.4 Å². The highest BCUT2D eigenvalue weighted by molar-refractivity contribution is 6.37. The third-order valence-corrected chi connectivity index (χ3v) is 4.61. The quantitative estimate of drug-likeness (QED) is 0.638. The average molecular weight is 394 g/mol. The molecule has 0 fully saturated rings. The first-order valence-corrected chi connectivity index (χ1v) is 8.80. The molecule has 26 heavy (non-hydrogen) atoms. The van der Waals surface area contributed by atoms with Crippen molar-refractivity contribution in [3.63, 3.8) is 0 Å². The van der Waals surface area contributed by atoms with Gasteiger partial charge >= 0.3 is 0 Å². The first-order chi connectivity index (χ1) is 12.5. The molecule has 0 aliphatic heterocycles. The van der Waals surface area contributed by atoms with Crippen LogP contribution in [0.2, 0.25) is 10.0 Å². The summed E-state index contributed by atoms with van der Waals surface area (Å²) < 4.78 is 10.5. The normalized spacial score (nSPS) is 10.8. The number of carbonyl (C=O) groups excluding carboxylic acids is 1. The van der Waals surface area contributed by atoms with E-state index in [0.29, 0.717) is 40.1 Å². The van der Waals surface area contributed by atoms with Gasteiger partial charge in [0.05, 0.1) is 14.2 Å². The summed E-state index contributed by atoms with van der Waals surface area (Å²) in [5, 5.41) is 1.02. The van der Waals surface area contributed by atoms with Crippen molar-refractivity contribution in [2.24, 2.45) is 0 Å². The van der Waals surface area contributed by atoms with Crippen LogP contribution in [0.3, 0.4) is 0 Å². The van der Waals surface area contributed by atoms with Crippen LogP contribution in [-0.4, -0.2) is 38.6 Å².